The summed E-state index contributed by atoms with van der Waals surface area (Å²) in [4.78, 5) is 12.3. The van der Waals surface area contributed by atoms with Gasteiger partial charge >= 0.3 is 0 Å². The van der Waals surface area contributed by atoms with Gasteiger partial charge in [0, 0.05) is 5.39 Å². The van der Waals surface area contributed by atoms with Gasteiger partial charge < -0.3 is 14.8 Å². The summed E-state index contributed by atoms with van der Waals surface area (Å²) >= 11 is 0. The van der Waals surface area contributed by atoms with Gasteiger partial charge in [-0.2, -0.15) is 4.72 Å². The predicted molar refractivity (Wildman–Crippen MR) is 115 cm³/mol. The van der Waals surface area contributed by atoms with E-state index in [1.54, 1.807) is 12.1 Å². The molecule has 0 bridgehead atoms. The van der Waals surface area contributed by atoms with Gasteiger partial charge in [0.25, 0.3) is 0 Å². The van der Waals surface area contributed by atoms with Gasteiger partial charge in [0.05, 0.1) is 24.6 Å². The topological polar surface area (TPSA) is 93.7 Å². The monoisotopic (exact) mass is 428 g/mol. The van der Waals surface area contributed by atoms with Crippen molar-refractivity contribution in [3.8, 4) is 11.5 Å². The molecule has 8 heteroatoms. The minimum absolute atomic E-state index is 0.0576. The predicted octanol–water partition coefficient (Wildman–Crippen LogP) is 2.71. The first-order valence-electron chi connectivity index (χ1n) is 9.45. The van der Waals surface area contributed by atoms with Crippen LogP contribution in [0.4, 0.5) is 0 Å². The van der Waals surface area contributed by atoms with Crippen LogP contribution < -0.4 is 19.5 Å². The zero-order valence-corrected chi connectivity index (χ0v) is 17.6. The zero-order valence-electron chi connectivity index (χ0n) is 16.8. The van der Waals surface area contributed by atoms with Crippen LogP contribution in [0.15, 0.2) is 71.6 Å². The fourth-order valence-electron chi connectivity index (χ4n) is 2.92. The lowest BCUT2D eigenvalue weighted by molar-refractivity contribution is -0.122. The van der Waals surface area contributed by atoms with Crippen LogP contribution >= 0.6 is 0 Å². The van der Waals surface area contributed by atoms with Gasteiger partial charge in [-0.25, -0.2) is 8.42 Å². The number of amides is 1. The van der Waals surface area contributed by atoms with Gasteiger partial charge in [-0.3, -0.25) is 4.79 Å². The van der Waals surface area contributed by atoms with Crippen LogP contribution in [0.5, 0.6) is 11.5 Å². The Kier molecular flexibility index (Phi) is 6.91. The molecular weight excluding hydrogens is 404 g/mol. The number of ether oxygens (including phenoxy) is 2. The van der Waals surface area contributed by atoms with E-state index >= 15 is 0 Å². The van der Waals surface area contributed by atoms with Crippen molar-refractivity contribution < 1.29 is 22.7 Å². The van der Waals surface area contributed by atoms with E-state index in [2.05, 4.69) is 10.0 Å². The van der Waals surface area contributed by atoms with Gasteiger partial charge in [-0.05, 0) is 42.6 Å². The summed E-state index contributed by atoms with van der Waals surface area (Å²) < 4.78 is 38.0. The highest BCUT2D eigenvalue weighted by atomic mass is 32.2. The van der Waals surface area contributed by atoms with Crippen LogP contribution in [-0.4, -0.2) is 40.6 Å². The molecule has 0 aliphatic rings. The second-order valence-corrected chi connectivity index (χ2v) is 8.35. The number of rotatable bonds is 9. The maximum Gasteiger partial charge on any atom is 0.241 e. The molecule has 0 saturated heterocycles. The number of carbonyl (C=O) groups is 1. The van der Waals surface area contributed by atoms with Crippen LogP contribution in [-0.2, 0) is 14.8 Å². The molecule has 0 saturated carbocycles. The summed E-state index contributed by atoms with van der Waals surface area (Å²) in [6.45, 7) is 2.00. The normalized spacial score (nSPS) is 12.3. The average molecular weight is 429 g/mol. The molecule has 0 unspecified atom stereocenters. The number of nitrogens with one attached hydrogen (secondary N) is 2. The molecule has 3 aromatic carbocycles. The molecule has 0 aliphatic heterocycles. The summed E-state index contributed by atoms with van der Waals surface area (Å²) in [6.07, 6.45) is 0. The summed E-state index contributed by atoms with van der Waals surface area (Å²) in [5.74, 6) is 0.843. The first-order chi connectivity index (χ1) is 14.4. The Hall–Kier alpha value is -3.10. The lowest BCUT2D eigenvalue weighted by Crippen LogP contribution is -2.45. The molecule has 0 aromatic heterocycles. The summed E-state index contributed by atoms with van der Waals surface area (Å²) in [5, 5.41) is 4.74. The van der Waals surface area contributed by atoms with E-state index in [0.717, 1.165) is 16.5 Å². The third kappa shape index (κ3) is 5.28. The molecule has 0 aliphatic carbocycles. The van der Waals surface area contributed by atoms with Crippen molar-refractivity contribution in [2.45, 2.75) is 17.9 Å². The SMILES string of the molecule is COc1ccc(S(=O)(=O)N[C@@H](C)C(=O)NCCOc2cccc3ccccc23)cc1. The first kappa shape index (κ1) is 21.6. The quantitative estimate of drug-likeness (QED) is 0.511. The molecule has 1 atom stereocenters. The van der Waals surface area contributed by atoms with Gasteiger partial charge in [0.1, 0.15) is 18.1 Å². The molecule has 0 spiro atoms. The summed E-state index contributed by atoms with van der Waals surface area (Å²) in [6, 6.07) is 18.6. The molecule has 1 amide bonds. The highest BCUT2D eigenvalue weighted by Crippen LogP contribution is 2.24. The van der Waals surface area contributed by atoms with Crippen molar-refractivity contribution in [3.63, 3.8) is 0 Å². The Balaban J connectivity index is 1.50. The van der Waals surface area contributed by atoms with E-state index in [9.17, 15) is 13.2 Å². The van der Waals surface area contributed by atoms with E-state index < -0.39 is 22.0 Å². The molecule has 7 nitrogen and oxygen atoms in total. The number of sulfonamides is 1. The Bertz CT molecular complexity index is 1110. The second kappa shape index (κ2) is 9.60. The fraction of sp³-hybridized carbons (Fsp3) is 0.227. The van der Waals surface area contributed by atoms with Crippen molar-refractivity contribution in [2.24, 2.45) is 0 Å². The minimum atomic E-state index is -3.83. The van der Waals surface area contributed by atoms with Gasteiger partial charge in [-0.15, -0.1) is 0 Å². The maximum absolute atomic E-state index is 12.4. The number of hydrogen-bond acceptors (Lipinski definition) is 5. The highest BCUT2D eigenvalue weighted by molar-refractivity contribution is 7.89. The zero-order chi connectivity index (χ0) is 21.6. The molecule has 0 fully saturated rings. The van der Waals surface area contributed by atoms with Crippen molar-refractivity contribution in [1.82, 2.24) is 10.0 Å². The molecule has 3 aromatic rings. The van der Waals surface area contributed by atoms with Gasteiger partial charge in [-0.1, -0.05) is 36.4 Å². The average Bonchev–Trinajstić information content (AvgIpc) is 2.76. The maximum atomic E-state index is 12.4. The molecule has 3 rings (SSSR count). The Morgan fingerprint density at radius 1 is 1.00 bits per heavy atom. The van der Waals surface area contributed by atoms with Gasteiger partial charge in [0.15, 0.2) is 0 Å². The fourth-order valence-corrected chi connectivity index (χ4v) is 4.12. The number of fused-ring (bicyclic) bond motifs is 1. The standard InChI is InChI=1S/C22H24N2O5S/c1-16(24-30(26,27)19-12-10-18(28-2)11-13-19)22(25)23-14-15-29-21-9-5-7-17-6-3-4-8-20(17)21/h3-13,16,24H,14-15H2,1-2H3,(H,23,25)/t16-/m0/s1. The van der Waals surface area contributed by atoms with Gasteiger partial charge in [0.2, 0.25) is 15.9 Å². The lowest BCUT2D eigenvalue weighted by Gasteiger charge is -2.15. The molecule has 30 heavy (non-hydrogen) atoms. The van der Waals surface area contributed by atoms with Crippen LogP contribution in [0.2, 0.25) is 0 Å². The number of methoxy groups -OCH3 is 1. The smallest absolute Gasteiger partial charge is 0.241 e. The van der Waals surface area contributed by atoms with E-state index in [0.29, 0.717) is 5.75 Å². The highest BCUT2D eigenvalue weighted by Gasteiger charge is 2.21. The largest absolute Gasteiger partial charge is 0.497 e. The lowest BCUT2D eigenvalue weighted by atomic mass is 10.1. The number of carbonyl (C=O) groups excluding carboxylic acids is 1. The van der Waals surface area contributed by atoms with Crippen LogP contribution in [0.25, 0.3) is 10.8 Å². The molecule has 0 radical (unpaired) electrons. The Morgan fingerprint density at radius 3 is 2.43 bits per heavy atom. The third-order valence-electron chi connectivity index (χ3n) is 4.50. The molecule has 0 heterocycles. The molecule has 158 valence electrons. The number of hydrogen-bond donors (Lipinski definition) is 2. The third-order valence-corrected chi connectivity index (χ3v) is 6.06. The number of benzene rings is 3. The first-order valence-corrected chi connectivity index (χ1v) is 10.9. The van der Waals surface area contributed by atoms with E-state index in [1.807, 2.05) is 42.5 Å². The van der Waals surface area contributed by atoms with E-state index in [1.165, 1.54) is 26.2 Å². The van der Waals surface area contributed by atoms with Crippen molar-refractivity contribution in [3.05, 3.63) is 66.7 Å². The van der Waals surface area contributed by atoms with E-state index in [-0.39, 0.29) is 18.0 Å². The van der Waals surface area contributed by atoms with E-state index in [4.69, 9.17) is 9.47 Å². The van der Waals surface area contributed by atoms with Crippen molar-refractivity contribution in [1.29, 1.82) is 0 Å². The second-order valence-electron chi connectivity index (χ2n) is 6.64. The van der Waals surface area contributed by atoms with Crippen molar-refractivity contribution >= 4 is 26.7 Å². The Morgan fingerprint density at radius 2 is 1.70 bits per heavy atom. The Labute approximate surface area is 176 Å². The summed E-state index contributed by atoms with van der Waals surface area (Å²) in [5.41, 5.74) is 0. The van der Waals surface area contributed by atoms with Crippen molar-refractivity contribution in [2.75, 3.05) is 20.3 Å². The van der Waals surface area contributed by atoms with Crippen LogP contribution in [0.1, 0.15) is 6.92 Å². The van der Waals surface area contributed by atoms with Crippen LogP contribution in [0.3, 0.4) is 0 Å². The minimum Gasteiger partial charge on any atom is -0.497 e. The molecular formula is C22H24N2O5S. The summed E-state index contributed by atoms with van der Waals surface area (Å²) in [7, 11) is -2.33. The van der Waals surface area contributed by atoms with Crippen LogP contribution in [0, 0.1) is 0 Å². The molecule has 2 N–H and O–H groups in total.